The average Bonchev–Trinajstić information content (AvgIpc) is 3.37. The number of carbonyl (C=O) groups excluding carboxylic acids is 2. The molecule has 11 heteroatoms. The Labute approximate surface area is 235 Å². The van der Waals surface area contributed by atoms with Crippen molar-refractivity contribution >= 4 is 23.7 Å². The first-order valence-electron chi connectivity index (χ1n) is 12.7. The Balaban J connectivity index is 1.43. The molecule has 3 aromatic carbocycles. The van der Waals surface area contributed by atoms with Gasteiger partial charge in [0.25, 0.3) is 11.8 Å². The second kappa shape index (κ2) is 12.0. The predicted molar refractivity (Wildman–Crippen MR) is 149 cm³/mol. The van der Waals surface area contributed by atoms with Gasteiger partial charge < -0.3 is 19.7 Å². The second-order valence-electron chi connectivity index (χ2n) is 10.4. The smallest absolute Gasteiger partial charge is 0.412 e. The number of aryl methyl sites for hydroxylation is 1. The molecule has 0 aliphatic rings. The molecule has 0 radical (unpaired) electrons. The molecule has 0 fully saturated rings. The van der Waals surface area contributed by atoms with Crippen molar-refractivity contribution in [1.29, 1.82) is 0 Å². The van der Waals surface area contributed by atoms with Crippen LogP contribution in [0.25, 0.3) is 22.8 Å². The van der Waals surface area contributed by atoms with Crippen molar-refractivity contribution in [3.05, 3.63) is 89.2 Å². The first kappa shape index (κ1) is 28.9. The quantitative estimate of drug-likeness (QED) is 0.252. The highest BCUT2D eigenvalue weighted by Gasteiger charge is 2.23. The van der Waals surface area contributed by atoms with Crippen molar-refractivity contribution < 1.29 is 33.1 Å². The van der Waals surface area contributed by atoms with Gasteiger partial charge in [-0.1, -0.05) is 28.9 Å². The minimum atomic E-state index is -1.27. The Morgan fingerprint density at radius 1 is 1.05 bits per heavy atom. The molecule has 1 aromatic heterocycles. The Morgan fingerprint density at radius 3 is 2.41 bits per heavy atom. The molecule has 1 atom stereocenters. The van der Waals surface area contributed by atoms with E-state index < -0.39 is 35.4 Å². The largest absolute Gasteiger partial charge is 0.480 e. The van der Waals surface area contributed by atoms with E-state index in [0.29, 0.717) is 22.4 Å². The van der Waals surface area contributed by atoms with Gasteiger partial charge in [-0.05, 0) is 81.8 Å². The number of anilines is 1. The number of halogens is 1. The van der Waals surface area contributed by atoms with E-state index in [4.69, 9.17) is 9.26 Å². The van der Waals surface area contributed by atoms with Crippen LogP contribution in [-0.2, 0) is 16.0 Å². The van der Waals surface area contributed by atoms with Crippen LogP contribution in [0.2, 0.25) is 0 Å². The lowest BCUT2D eigenvalue weighted by atomic mass is 10.0. The van der Waals surface area contributed by atoms with Gasteiger partial charge in [0.2, 0.25) is 5.82 Å². The molecule has 0 spiro atoms. The predicted octanol–water partition coefficient (Wildman–Crippen LogP) is 5.62. The number of aromatic nitrogens is 2. The van der Waals surface area contributed by atoms with Crippen molar-refractivity contribution in [2.75, 3.05) is 5.32 Å². The third-order valence-electron chi connectivity index (χ3n) is 5.80. The maximum atomic E-state index is 15.1. The molecule has 0 saturated carbocycles. The molecule has 4 rings (SSSR count). The van der Waals surface area contributed by atoms with Gasteiger partial charge in [0.05, 0.1) is 5.56 Å². The molecule has 4 aromatic rings. The molecular formula is C30H29FN4O6. The number of hydrogen-bond acceptors (Lipinski definition) is 7. The minimum absolute atomic E-state index is 0.00235. The van der Waals surface area contributed by atoms with Gasteiger partial charge in [-0.15, -0.1) is 0 Å². The summed E-state index contributed by atoms with van der Waals surface area (Å²) in [5.74, 6) is -2.32. The lowest BCUT2D eigenvalue weighted by Gasteiger charge is -2.19. The van der Waals surface area contributed by atoms with Crippen molar-refractivity contribution in [3.8, 4) is 22.8 Å². The SMILES string of the molecule is Cc1cccc(C(=O)NC(Cc2ccc(-c3noc(-c4ccc(NC(=O)OC(C)(C)C)cc4)n3)c(F)c2)C(=O)O)c1. The Morgan fingerprint density at radius 2 is 1.78 bits per heavy atom. The van der Waals surface area contributed by atoms with Gasteiger partial charge in [-0.3, -0.25) is 10.1 Å². The first-order chi connectivity index (χ1) is 19.4. The number of carboxylic acid groups (broad SMARTS) is 1. The molecule has 1 heterocycles. The Bertz CT molecular complexity index is 1580. The maximum absolute atomic E-state index is 15.1. The average molecular weight is 561 g/mol. The lowest BCUT2D eigenvalue weighted by Crippen LogP contribution is -2.42. The van der Waals surface area contributed by atoms with Gasteiger partial charge in [0, 0.05) is 23.2 Å². The summed E-state index contributed by atoms with van der Waals surface area (Å²) in [7, 11) is 0. The maximum Gasteiger partial charge on any atom is 0.412 e. The summed E-state index contributed by atoms with van der Waals surface area (Å²) in [4.78, 5) is 40.6. The van der Waals surface area contributed by atoms with Gasteiger partial charge in [-0.2, -0.15) is 4.98 Å². The second-order valence-corrected chi connectivity index (χ2v) is 10.4. The van der Waals surface area contributed by atoms with Crippen molar-refractivity contribution in [1.82, 2.24) is 15.5 Å². The highest BCUT2D eigenvalue weighted by molar-refractivity contribution is 5.96. The van der Waals surface area contributed by atoms with Crippen LogP contribution in [-0.4, -0.2) is 44.9 Å². The van der Waals surface area contributed by atoms with E-state index in [1.165, 1.54) is 12.1 Å². The summed E-state index contributed by atoms with van der Waals surface area (Å²) in [6.45, 7) is 7.11. The first-order valence-corrected chi connectivity index (χ1v) is 12.7. The highest BCUT2D eigenvalue weighted by Crippen LogP contribution is 2.26. The van der Waals surface area contributed by atoms with Crippen LogP contribution in [0.1, 0.15) is 42.3 Å². The Hall–Kier alpha value is -5.06. The zero-order valence-corrected chi connectivity index (χ0v) is 22.9. The summed E-state index contributed by atoms with van der Waals surface area (Å²) in [5.41, 5.74) is 2.03. The lowest BCUT2D eigenvalue weighted by molar-refractivity contribution is -0.139. The fourth-order valence-corrected chi connectivity index (χ4v) is 3.90. The number of hydrogen-bond donors (Lipinski definition) is 3. The highest BCUT2D eigenvalue weighted by atomic mass is 19.1. The zero-order chi connectivity index (χ0) is 29.7. The van der Waals surface area contributed by atoms with E-state index in [2.05, 4.69) is 20.8 Å². The summed E-state index contributed by atoms with van der Waals surface area (Å²) >= 11 is 0. The summed E-state index contributed by atoms with van der Waals surface area (Å²) in [5, 5.41) is 18.6. The van der Waals surface area contributed by atoms with E-state index in [-0.39, 0.29) is 23.7 Å². The van der Waals surface area contributed by atoms with Crippen molar-refractivity contribution in [2.24, 2.45) is 0 Å². The van der Waals surface area contributed by atoms with Gasteiger partial charge >= 0.3 is 12.1 Å². The summed E-state index contributed by atoms with van der Waals surface area (Å²) < 4.78 is 25.6. The number of amides is 2. The van der Waals surface area contributed by atoms with Crippen molar-refractivity contribution in [2.45, 2.75) is 45.8 Å². The molecule has 0 aliphatic heterocycles. The van der Waals surface area contributed by atoms with Crippen LogP contribution >= 0.6 is 0 Å². The molecule has 3 N–H and O–H groups in total. The molecule has 212 valence electrons. The third kappa shape index (κ3) is 7.75. The van der Waals surface area contributed by atoms with Crippen LogP contribution in [0.4, 0.5) is 14.9 Å². The van der Waals surface area contributed by atoms with E-state index in [1.54, 1.807) is 69.3 Å². The number of aliphatic carboxylic acids is 1. The van der Waals surface area contributed by atoms with E-state index in [9.17, 15) is 19.5 Å². The summed E-state index contributed by atoms with van der Waals surface area (Å²) in [6, 6.07) is 16.2. The molecular weight excluding hydrogens is 531 g/mol. The number of ether oxygens (including phenoxy) is 1. The zero-order valence-electron chi connectivity index (χ0n) is 22.9. The standard InChI is InChI=1S/C30H29FN4O6/c1-17-6-5-7-20(14-17)26(36)33-24(28(37)38)16-18-8-13-22(23(31)15-18)25-34-27(41-35-25)19-9-11-21(12-10-19)32-29(39)40-30(2,3)4/h5-15,24H,16H2,1-4H3,(H,32,39)(H,33,36)(H,37,38). The molecule has 1 unspecified atom stereocenters. The van der Waals surface area contributed by atoms with Gasteiger partial charge in [0.1, 0.15) is 17.5 Å². The molecule has 10 nitrogen and oxygen atoms in total. The van der Waals surface area contributed by atoms with Crippen LogP contribution < -0.4 is 10.6 Å². The molecule has 0 saturated heterocycles. The fourth-order valence-electron chi connectivity index (χ4n) is 3.90. The topological polar surface area (TPSA) is 144 Å². The van der Waals surface area contributed by atoms with Crippen molar-refractivity contribution in [3.63, 3.8) is 0 Å². The van der Waals surface area contributed by atoms with Gasteiger partial charge in [0.15, 0.2) is 0 Å². The monoisotopic (exact) mass is 560 g/mol. The molecule has 0 bridgehead atoms. The number of nitrogens with one attached hydrogen (secondary N) is 2. The number of carbonyl (C=O) groups is 3. The minimum Gasteiger partial charge on any atom is -0.480 e. The molecule has 2 amide bonds. The van der Waals surface area contributed by atoms with E-state index in [0.717, 1.165) is 5.56 Å². The van der Waals surface area contributed by atoms with E-state index >= 15 is 4.39 Å². The number of nitrogens with zero attached hydrogens (tertiary/aromatic N) is 2. The van der Waals surface area contributed by atoms with Crippen LogP contribution in [0.5, 0.6) is 0 Å². The number of rotatable bonds is 8. The van der Waals surface area contributed by atoms with Crippen LogP contribution in [0, 0.1) is 12.7 Å². The number of benzene rings is 3. The Kier molecular flexibility index (Phi) is 8.46. The molecule has 41 heavy (non-hydrogen) atoms. The van der Waals surface area contributed by atoms with Crippen LogP contribution in [0.15, 0.2) is 71.3 Å². The summed E-state index contributed by atoms with van der Waals surface area (Å²) in [6.07, 6.45) is -0.724. The molecule has 0 aliphatic carbocycles. The van der Waals surface area contributed by atoms with Crippen LogP contribution in [0.3, 0.4) is 0 Å². The third-order valence-corrected chi connectivity index (χ3v) is 5.80. The normalized spacial score (nSPS) is 11.9. The van der Waals surface area contributed by atoms with E-state index in [1.807, 2.05) is 13.0 Å². The van der Waals surface area contributed by atoms with Gasteiger partial charge in [-0.25, -0.2) is 14.0 Å². The number of carboxylic acids is 1. The fraction of sp³-hybridized carbons (Fsp3) is 0.233.